The van der Waals surface area contributed by atoms with E-state index in [1.807, 2.05) is 48.5 Å². The molecule has 0 bridgehead atoms. The van der Waals surface area contributed by atoms with Crippen LogP contribution in [0.1, 0.15) is 62.5 Å². The van der Waals surface area contributed by atoms with Crippen molar-refractivity contribution in [2.75, 3.05) is 14.2 Å². The van der Waals surface area contributed by atoms with Gasteiger partial charge in [0.15, 0.2) is 0 Å². The van der Waals surface area contributed by atoms with E-state index in [4.69, 9.17) is 9.47 Å². The number of amides is 2. The molecule has 2 N–H and O–H groups in total. The number of rotatable bonds is 15. The number of benzene rings is 2. The van der Waals surface area contributed by atoms with Crippen molar-refractivity contribution >= 4 is 24.2 Å². The van der Waals surface area contributed by atoms with Gasteiger partial charge in [0.25, 0.3) is 0 Å². The quantitative estimate of drug-likeness (QED) is 0.230. The first-order chi connectivity index (χ1) is 16.6. The predicted molar refractivity (Wildman–Crippen MR) is 134 cm³/mol. The molecule has 0 saturated carbocycles. The van der Waals surface area contributed by atoms with Crippen LogP contribution in [0.15, 0.2) is 58.7 Å². The summed E-state index contributed by atoms with van der Waals surface area (Å²) in [6.07, 6.45) is 9.68. The average molecular weight is 467 g/mol. The molecule has 0 radical (unpaired) electrons. The highest BCUT2D eigenvalue weighted by molar-refractivity contribution is 5.85. The SMILES string of the molecule is COc1ccccc1/C=N\NC(=O)CCCCCCCCC(=O)N/N=C\c1ccccc1OC. The predicted octanol–water partition coefficient (Wildman–Crippen LogP) is 4.43. The van der Waals surface area contributed by atoms with E-state index in [2.05, 4.69) is 21.1 Å². The number of nitrogens with zero attached hydrogens (tertiary/aromatic N) is 2. The molecule has 0 atom stereocenters. The molecule has 0 aromatic heterocycles. The maximum atomic E-state index is 11.9. The Morgan fingerprint density at radius 3 is 1.47 bits per heavy atom. The van der Waals surface area contributed by atoms with Crippen molar-refractivity contribution < 1.29 is 19.1 Å². The summed E-state index contributed by atoms with van der Waals surface area (Å²) >= 11 is 0. The van der Waals surface area contributed by atoms with E-state index >= 15 is 0 Å². The highest BCUT2D eigenvalue weighted by atomic mass is 16.5. The number of hydrogen-bond acceptors (Lipinski definition) is 6. The monoisotopic (exact) mass is 466 g/mol. The average Bonchev–Trinajstić information content (AvgIpc) is 2.86. The maximum Gasteiger partial charge on any atom is 0.240 e. The zero-order chi connectivity index (χ0) is 24.4. The Hall–Kier alpha value is -3.68. The molecule has 2 amide bonds. The molecule has 0 saturated heterocycles. The first kappa shape index (κ1) is 26.6. The molecule has 0 aliphatic carbocycles. The Morgan fingerprint density at radius 1 is 0.676 bits per heavy atom. The van der Waals surface area contributed by atoms with Crippen molar-refractivity contribution in [3.05, 3.63) is 59.7 Å². The van der Waals surface area contributed by atoms with Crippen LogP contribution in [-0.2, 0) is 9.59 Å². The summed E-state index contributed by atoms with van der Waals surface area (Å²) in [5.41, 5.74) is 6.72. The van der Waals surface area contributed by atoms with Gasteiger partial charge in [0.05, 0.1) is 26.6 Å². The summed E-state index contributed by atoms with van der Waals surface area (Å²) in [5.74, 6) is 1.21. The second-order valence-electron chi connectivity index (χ2n) is 7.69. The van der Waals surface area contributed by atoms with Gasteiger partial charge < -0.3 is 9.47 Å². The van der Waals surface area contributed by atoms with Crippen molar-refractivity contribution in [1.29, 1.82) is 0 Å². The molecule has 182 valence electrons. The van der Waals surface area contributed by atoms with Gasteiger partial charge in [0.1, 0.15) is 11.5 Å². The van der Waals surface area contributed by atoms with Gasteiger partial charge in [-0.05, 0) is 37.1 Å². The Kier molecular flexibility index (Phi) is 12.5. The summed E-state index contributed by atoms with van der Waals surface area (Å²) < 4.78 is 10.5. The molecule has 2 aromatic carbocycles. The highest BCUT2D eigenvalue weighted by Crippen LogP contribution is 2.15. The standard InChI is InChI=1S/C26H34N4O4/c1-33-23-15-11-9-13-21(23)19-27-29-25(31)17-7-5-3-4-6-8-18-26(32)30-28-20-22-14-10-12-16-24(22)34-2/h9-16,19-20H,3-8,17-18H2,1-2H3,(H,29,31)(H,30,32)/b27-19-,28-20-. The molecule has 0 aliphatic heterocycles. The van der Waals surface area contributed by atoms with Crippen molar-refractivity contribution in [2.45, 2.75) is 51.4 Å². The molecule has 8 nitrogen and oxygen atoms in total. The van der Waals surface area contributed by atoms with E-state index in [-0.39, 0.29) is 11.8 Å². The van der Waals surface area contributed by atoms with E-state index in [1.165, 1.54) is 0 Å². The fraction of sp³-hybridized carbons (Fsp3) is 0.385. The van der Waals surface area contributed by atoms with Crippen molar-refractivity contribution in [2.24, 2.45) is 10.2 Å². The second-order valence-corrected chi connectivity index (χ2v) is 7.69. The van der Waals surface area contributed by atoms with E-state index in [1.54, 1.807) is 26.6 Å². The number of methoxy groups -OCH3 is 2. The normalized spacial score (nSPS) is 11.0. The lowest BCUT2D eigenvalue weighted by Gasteiger charge is -2.04. The lowest BCUT2D eigenvalue weighted by Crippen LogP contribution is -2.17. The van der Waals surface area contributed by atoms with E-state index in [0.717, 1.165) is 49.7 Å². The van der Waals surface area contributed by atoms with Gasteiger partial charge in [-0.2, -0.15) is 10.2 Å². The Bertz CT molecular complexity index is 882. The van der Waals surface area contributed by atoms with Gasteiger partial charge in [-0.15, -0.1) is 0 Å². The zero-order valence-electron chi connectivity index (χ0n) is 20.0. The topological polar surface area (TPSA) is 101 Å². The van der Waals surface area contributed by atoms with Crippen LogP contribution in [0, 0.1) is 0 Å². The van der Waals surface area contributed by atoms with Crippen LogP contribution >= 0.6 is 0 Å². The van der Waals surface area contributed by atoms with Gasteiger partial charge in [-0.1, -0.05) is 49.9 Å². The molecule has 34 heavy (non-hydrogen) atoms. The largest absolute Gasteiger partial charge is 0.496 e. The van der Waals surface area contributed by atoms with Crippen LogP contribution in [0.5, 0.6) is 11.5 Å². The van der Waals surface area contributed by atoms with Crippen LogP contribution in [0.4, 0.5) is 0 Å². The van der Waals surface area contributed by atoms with E-state index in [0.29, 0.717) is 24.3 Å². The maximum absolute atomic E-state index is 11.9. The third kappa shape index (κ3) is 10.3. The first-order valence-corrected chi connectivity index (χ1v) is 11.5. The summed E-state index contributed by atoms with van der Waals surface area (Å²) in [4.78, 5) is 23.8. The van der Waals surface area contributed by atoms with E-state index in [9.17, 15) is 9.59 Å². The van der Waals surface area contributed by atoms with Crippen LogP contribution in [0.2, 0.25) is 0 Å². The third-order valence-electron chi connectivity index (χ3n) is 5.12. The smallest absolute Gasteiger partial charge is 0.240 e. The van der Waals surface area contributed by atoms with Crippen molar-refractivity contribution in [3.8, 4) is 11.5 Å². The molecular weight excluding hydrogens is 432 g/mol. The molecule has 2 rings (SSSR count). The van der Waals surface area contributed by atoms with E-state index < -0.39 is 0 Å². The van der Waals surface area contributed by atoms with Gasteiger partial charge in [0.2, 0.25) is 11.8 Å². The molecule has 8 heteroatoms. The lowest BCUT2D eigenvalue weighted by molar-refractivity contribution is -0.122. The molecule has 0 unspecified atom stereocenters. The fourth-order valence-electron chi connectivity index (χ4n) is 3.28. The van der Waals surface area contributed by atoms with Crippen LogP contribution in [-0.4, -0.2) is 38.5 Å². The van der Waals surface area contributed by atoms with Crippen LogP contribution < -0.4 is 20.3 Å². The Morgan fingerprint density at radius 2 is 1.06 bits per heavy atom. The summed E-state index contributed by atoms with van der Waals surface area (Å²) in [6, 6.07) is 14.9. The number of ether oxygens (including phenoxy) is 2. The van der Waals surface area contributed by atoms with Crippen LogP contribution in [0.25, 0.3) is 0 Å². The molecular formula is C26H34N4O4. The van der Waals surface area contributed by atoms with Gasteiger partial charge in [-0.3, -0.25) is 9.59 Å². The first-order valence-electron chi connectivity index (χ1n) is 11.5. The molecule has 0 fully saturated rings. The summed E-state index contributed by atoms with van der Waals surface area (Å²) in [7, 11) is 3.19. The molecule has 0 heterocycles. The number of nitrogens with one attached hydrogen (secondary N) is 2. The second kappa shape index (κ2) is 16.0. The number of hydrazone groups is 2. The molecule has 0 spiro atoms. The fourth-order valence-corrected chi connectivity index (χ4v) is 3.28. The van der Waals surface area contributed by atoms with Gasteiger partial charge in [-0.25, -0.2) is 10.9 Å². The number of para-hydroxylation sites is 2. The Labute approximate surface area is 201 Å². The number of hydrogen-bond donors (Lipinski definition) is 2. The van der Waals surface area contributed by atoms with Crippen molar-refractivity contribution in [1.82, 2.24) is 10.9 Å². The lowest BCUT2D eigenvalue weighted by atomic mass is 10.1. The van der Waals surface area contributed by atoms with Crippen molar-refractivity contribution in [3.63, 3.8) is 0 Å². The third-order valence-corrected chi connectivity index (χ3v) is 5.12. The molecule has 0 aliphatic rings. The number of unbranched alkanes of at least 4 members (excludes halogenated alkanes) is 5. The minimum atomic E-state index is -0.100. The summed E-state index contributed by atoms with van der Waals surface area (Å²) in [6.45, 7) is 0. The van der Waals surface area contributed by atoms with Crippen LogP contribution in [0.3, 0.4) is 0 Å². The number of carbonyl (C=O) groups is 2. The minimum Gasteiger partial charge on any atom is -0.496 e. The van der Waals surface area contributed by atoms with Gasteiger partial charge in [0, 0.05) is 24.0 Å². The summed E-state index contributed by atoms with van der Waals surface area (Å²) in [5, 5.41) is 7.99. The minimum absolute atomic E-state index is 0.100. The highest BCUT2D eigenvalue weighted by Gasteiger charge is 2.03. The Balaban J connectivity index is 1.48. The zero-order valence-corrected chi connectivity index (χ0v) is 20.0. The van der Waals surface area contributed by atoms with Gasteiger partial charge >= 0.3 is 0 Å². The molecule has 2 aromatic rings. The number of carbonyl (C=O) groups excluding carboxylic acids is 2.